The van der Waals surface area contributed by atoms with E-state index in [-0.39, 0.29) is 16.4 Å². The Kier molecular flexibility index (Phi) is 11.1. The summed E-state index contributed by atoms with van der Waals surface area (Å²) in [5.41, 5.74) is 1.41. The van der Waals surface area contributed by atoms with Gasteiger partial charge >= 0.3 is 6.18 Å². The van der Waals surface area contributed by atoms with Gasteiger partial charge in [0.1, 0.15) is 5.70 Å². The Bertz CT molecular complexity index is 1730. The van der Waals surface area contributed by atoms with Gasteiger partial charge in [-0.05, 0) is 79.1 Å². The Morgan fingerprint density at radius 3 is 2.29 bits per heavy atom. The number of thioether (sulfide) groups is 1. The van der Waals surface area contributed by atoms with Crippen LogP contribution in [0.2, 0.25) is 5.02 Å². The van der Waals surface area contributed by atoms with Crippen LogP contribution < -0.4 is 16.0 Å². The molecule has 0 saturated carbocycles. The summed E-state index contributed by atoms with van der Waals surface area (Å²) in [6.45, 7) is 3.66. The first-order valence-corrected chi connectivity index (χ1v) is 15.1. The maximum atomic E-state index is 13.5. The first kappa shape index (κ1) is 33.4. The normalized spacial score (nSPS) is 12.3. The predicted octanol–water partition coefficient (Wildman–Crippen LogP) is 8.59. The van der Waals surface area contributed by atoms with E-state index in [0.717, 1.165) is 29.3 Å². The van der Waals surface area contributed by atoms with E-state index in [1.807, 2.05) is 31.2 Å². The molecule has 0 bridgehead atoms. The van der Waals surface area contributed by atoms with Gasteiger partial charge < -0.3 is 16.0 Å². The van der Waals surface area contributed by atoms with Crippen LogP contribution in [0, 0.1) is 6.92 Å². The molecular weight excluding hydrogens is 623 g/mol. The Morgan fingerprint density at radius 1 is 0.889 bits per heavy atom. The molecule has 1 atom stereocenters. The first-order chi connectivity index (χ1) is 21.4. The predicted molar refractivity (Wildman–Crippen MR) is 173 cm³/mol. The third kappa shape index (κ3) is 9.23. The van der Waals surface area contributed by atoms with Crippen LogP contribution in [0.25, 0.3) is 6.08 Å². The van der Waals surface area contributed by atoms with E-state index in [1.165, 1.54) is 11.8 Å². The third-order valence-corrected chi connectivity index (χ3v) is 8.29. The van der Waals surface area contributed by atoms with Crippen LogP contribution in [0.5, 0.6) is 0 Å². The minimum atomic E-state index is -4.59. The van der Waals surface area contributed by atoms with E-state index in [1.54, 1.807) is 67.6 Å². The fraction of sp³-hybridized carbons (Fsp3) is 0.147. The maximum absolute atomic E-state index is 13.5. The van der Waals surface area contributed by atoms with Gasteiger partial charge in [-0.1, -0.05) is 67.1 Å². The Hall–Kier alpha value is -4.54. The highest BCUT2D eigenvalue weighted by Gasteiger charge is 2.31. The average molecular weight is 652 g/mol. The molecular formula is C34H29ClF3N3O3S. The lowest BCUT2D eigenvalue weighted by atomic mass is 10.1. The SMILES string of the molecule is CCC(Sc1cccc(NC(=O)/C(=C/c2ccccc2C)NC(=O)c2ccccc2)c1)C(=O)Nc1cc(C(F)(F)F)ccc1Cl. The zero-order chi connectivity index (χ0) is 32.6. The molecule has 1 unspecified atom stereocenters. The number of rotatable bonds is 10. The molecule has 0 spiro atoms. The largest absolute Gasteiger partial charge is 0.416 e. The number of halogens is 4. The van der Waals surface area contributed by atoms with Crippen molar-refractivity contribution < 1.29 is 27.6 Å². The highest BCUT2D eigenvalue weighted by molar-refractivity contribution is 8.00. The summed E-state index contributed by atoms with van der Waals surface area (Å²) in [7, 11) is 0. The summed E-state index contributed by atoms with van der Waals surface area (Å²) in [5, 5.41) is 7.33. The lowest BCUT2D eigenvalue weighted by Crippen LogP contribution is -2.30. The molecule has 0 aliphatic rings. The van der Waals surface area contributed by atoms with E-state index < -0.39 is 34.7 Å². The number of benzene rings is 4. The number of carbonyl (C=O) groups is 3. The molecule has 0 radical (unpaired) electrons. The smallest absolute Gasteiger partial charge is 0.324 e. The van der Waals surface area contributed by atoms with Crippen LogP contribution in [0.3, 0.4) is 0 Å². The topological polar surface area (TPSA) is 87.3 Å². The molecule has 4 rings (SSSR count). The highest BCUT2D eigenvalue weighted by atomic mass is 35.5. The summed E-state index contributed by atoms with van der Waals surface area (Å²) < 4.78 is 39.5. The Morgan fingerprint density at radius 2 is 1.60 bits per heavy atom. The van der Waals surface area contributed by atoms with E-state index in [4.69, 9.17) is 11.6 Å². The first-order valence-electron chi connectivity index (χ1n) is 13.8. The minimum Gasteiger partial charge on any atom is -0.324 e. The molecule has 0 aliphatic heterocycles. The van der Waals surface area contributed by atoms with Gasteiger partial charge in [0.2, 0.25) is 5.91 Å². The molecule has 4 aromatic rings. The Labute approximate surface area is 268 Å². The van der Waals surface area contributed by atoms with Gasteiger partial charge in [-0.25, -0.2) is 0 Å². The van der Waals surface area contributed by atoms with Gasteiger partial charge in [0, 0.05) is 16.1 Å². The number of anilines is 2. The second-order valence-electron chi connectivity index (χ2n) is 9.91. The standard InChI is InChI=1S/C34H29ClF3N3O3S/c1-3-30(33(44)40-28-19-24(34(36,37)38)16-17-27(28)35)45-26-15-9-14-25(20-26)39-32(43)29(18-23-13-8-7-10-21(23)2)41-31(42)22-11-5-4-6-12-22/h4-20,30H,3H2,1-2H3,(H,39,43)(H,40,44)(H,41,42)/b29-18-. The molecule has 11 heteroatoms. The van der Waals surface area contributed by atoms with E-state index in [2.05, 4.69) is 16.0 Å². The number of amides is 3. The zero-order valence-corrected chi connectivity index (χ0v) is 25.8. The van der Waals surface area contributed by atoms with Gasteiger partial charge in [-0.2, -0.15) is 13.2 Å². The number of aryl methyl sites for hydroxylation is 1. The molecule has 6 nitrogen and oxygen atoms in total. The molecule has 3 N–H and O–H groups in total. The van der Waals surface area contributed by atoms with Crippen molar-refractivity contribution in [2.45, 2.75) is 36.6 Å². The summed E-state index contributed by atoms with van der Waals surface area (Å²) in [5.74, 6) is -1.54. The maximum Gasteiger partial charge on any atom is 0.416 e. The van der Waals surface area contributed by atoms with Crippen LogP contribution in [-0.4, -0.2) is 23.0 Å². The van der Waals surface area contributed by atoms with Crippen molar-refractivity contribution in [3.63, 3.8) is 0 Å². The van der Waals surface area contributed by atoms with Crippen LogP contribution in [0.1, 0.15) is 40.4 Å². The Balaban J connectivity index is 1.51. The van der Waals surface area contributed by atoms with Crippen LogP contribution in [0.15, 0.2) is 108 Å². The molecule has 45 heavy (non-hydrogen) atoms. The van der Waals surface area contributed by atoms with Crippen molar-refractivity contribution in [1.82, 2.24) is 5.32 Å². The molecule has 0 aromatic heterocycles. The van der Waals surface area contributed by atoms with Crippen LogP contribution in [-0.2, 0) is 15.8 Å². The van der Waals surface area contributed by atoms with Gasteiger partial charge in [0.25, 0.3) is 11.8 Å². The lowest BCUT2D eigenvalue weighted by molar-refractivity contribution is -0.137. The van der Waals surface area contributed by atoms with Crippen LogP contribution in [0.4, 0.5) is 24.5 Å². The third-order valence-electron chi connectivity index (χ3n) is 6.60. The van der Waals surface area contributed by atoms with Crippen molar-refractivity contribution in [3.05, 3.63) is 130 Å². The summed E-state index contributed by atoms with van der Waals surface area (Å²) in [6.07, 6.45) is -2.63. The fourth-order valence-corrected chi connectivity index (χ4v) is 5.37. The molecule has 3 amide bonds. The fourth-order valence-electron chi connectivity index (χ4n) is 4.19. The van der Waals surface area contributed by atoms with Crippen LogP contribution >= 0.6 is 23.4 Å². The molecule has 0 saturated heterocycles. The number of alkyl halides is 3. The minimum absolute atomic E-state index is 0.0187. The molecule has 0 heterocycles. The quantitative estimate of drug-likeness (QED) is 0.118. The number of hydrogen-bond acceptors (Lipinski definition) is 4. The van der Waals surface area contributed by atoms with Gasteiger partial charge in [-0.3, -0.25) is 14.4 Å². The van der Waals surface area contributed by atoms with Gasteiger partial charge in [0.15, 0.2) is 0 Å². The average Bonchev–Trinajstić information content (AvgIpc) is 3.01. The highest BCUT2D eigenvalue weighted by Crippen LogP contribution is 2.35. The summed E-state index contributed by atoms with van der Waals surface area (Å²) in [6, 6.07) is 25.4. The van der Waals surface area contributed by atoms with Crippen molar-refractivity contribution in [1.29, 1.82) is 0 Å². The molecule has 232 valence electrons. The second-order valence-corrected chi connectivity index (χ2v) is 11.6. The lowest BCUT2D eigenvalue weighted by Gasteiger charge is -2.17. The van der Waals surface area contributed by atoms with E-state index in [9.17, 15) is 27.6 Å². The zero-order valence-electron chi connectivity index (χ0n) is 24.2. The number of nitrogens with one attached hydrogen (secondary N) is 3. The van der Waals surface area contributed by atoms with Gasteiger partial charge in [0.05, 0.1) is 21.5 Å². The molecule has 0 fully saturated rings. The van der Waals surface area contributed by atoms with E-state index in [0.29, 0.717) is 22.6 Å². The number of carbonyl (C=O) groups excluding carboxylic acids is 3. The van der Waals surface area contributed by atoms with Crippen molar-refractivity contribution in [3.8, 4) is 0 Å². The second kappa shape index (κ2) is 15.0. The van der Waals surface area contributed by atoms with E-state index >= 15 is 0 Å². The number of hydrogen-bond donors (Lipinski definition) is 3. The van der Waals surface area contributed by atoms with Crippen molar-refractivity contribution in [2.75, 3.05) is 10.6 Å². The van der Waals surface area contributed by atoms with Crippen molar-refractivity contribution >= 4 is 58.5 Å². The summed E-state index contributed by atoms with van der Waals surface area (Å²) >= 11 is 7.24. The van der Waals surface area contributed by atoms with Crippen molar-refractivity contribution in [2.24, 2.45) is 0 Å². The van der Waals surface area contributed by atoms with Gasteiger partial charge in [-0.15, -0.1) is 11.8 Å². The molecule has 4 aromatic carbocycles. The summed E-state index contributed by atoms with van der Waals surface area (Å²) in [4.78, 5) is 40.1. The monoisotopic (exact) mass is 651 g/mol. The molecule has 0 aliphatic carbocycles.